The van der Waals surface area contributed by atoms with Gasteiger partial charge in [-0.15, -0.1) is 0 Å². The molecule has 23 heavy (non-hydrogen) atoms. The Kier molecular flexibility index (Phi) is 9.28. The van der Waals surface area contributed by atoms with Crippen LogP contribution in [0.2, 0.25) is 0 Å². The van der Waals surface area contributed by atoms with E-state index in [9.17, 15) is 9.59 Å². The summed E-state index contributed by atoms with van der Waals surface area (Å²) >= 11 is 0. The molecule has 1 rings (SSSR count). The van der Waals surface area contributed by atoms with Gasteiger partial charge in [0.2, 0.25) is 0 Å². The van der Waals surface area contributed by atoms with Crippen molar-refractivity contribution in [1.29, 1.82) is 0 Å². The number of hydrogen-bond acceptors (Lipinski definition) is 4. The van der Waals surface area contributed by atoms with E-state index in [-0.39, 0.29) is 6.61 Å². The first kappa shape index (κ1) is 18.8. The average molecular weight is 320 g/mol. The molecule has 0 spiro atoms. The predicted molar refractivity (Wildman–Crippen MR) is 86.8 cm³/mol. The van der Waals surface area contributed by atoms with Gasteiger partial charge in [0, 0.05) is 0 Å². The summed E-state index contributed by atoms with van der Waals surface area (Å²) < 4.78 is 9.83. The van der Waals surface area contributed by atoms with E-state index in [2.05, 4.69) is 17.2 Å². The Morgan fingerprint density at radius 1 is 0.957 bits per heavy atom. The third-order valence-electron chi connectivity index (χ3n) is 3.23. The standard InChI is InChI=1S/C17H24N2O4/c1-3-4-5-6-7-10-13-22-16(20)18-19-17(21)23-15-12-9-8-11-14(15)2/h8-9,11-12H,3-7,10,13H2,1-2H3/b19-18+. The smallest absolute Gasteiger partial charge is 0.447 e. The second kappa shape index (κ2) is 11.3. The lowest BCUT2D eigenvalue weighted by Gasteiger charge is -2.03. The molecular formula is C17H24N2O4. The molecule has 0 aliphatic carbocycles. The Morgan fingerprint density at radius 3 is 2.35 bits per heavy atom. The highest BCUT2D eigenvalue weighted by molar-refractivity contribution is 5.74. The first-order valence-corrected chi connectivity index (χ1v) is 7.99. The summed E-state index contributed by atoms with van der Waals surface area (Å²) in [6.07, 6.45) is 4.75. The molecule has 0 saturated heterocycles. The third kappa shape index (κ3) is 8.70. The van der Waals surface area contributed by atoms with Gasteiger partial charge in [0.05, 0.1) is 6.61 Å². The minimum absolute atomic E-state index is 0.289. The SMILES string of the molecule is CCCCCCCCOC(=O)/N=N/C(=O)Oc1ccccc1C. The maximum absolute atomic E-state index is 11.5. The molecule has 0 saturated carbocycles. The predicted octanol–water partition coefficient (Wildman–Crippen LogP) is 5.44. The van der Waals surface area contributed by atoms with Crippen molar-refractivity contribution < 1.29 is 19.1 Å². The Balaban J connectivity index is 2.19. The van der Waals surface area contributed by atoms with Crippen molar-refractivity contribution in [2.75, 3.05) is 6.61 Å². The molecule has 1 aromatic carbocycles. The van der Waals surface area contributed by atoms with Crippen LogP contribution in [0.4, 0.5) is 9.59 Å². The number of carbonyl (C=O) groups is 2. The van der Waals surface area contributed by atoms with Crippen LogP contribution in [0.3, 0.4) is 0 Å². The Labute approximate surface area is 136 Å². The lowest BCUT2D eigenvalue weighted by molar-refractivity contribution is 0.151. The summed E-state index contributed by atoms with van der Waals surface area (Å²) in [5.41, 5.74) is 0.793. The number of aryl methyl sites for hydroxylation is 1. The number of azo groups is 1. The van der Waals surface area contributed by atoms with Crippen LogP contribution in [0.1, 0.15) is 51.0 Å². The van der Waals surface area contributed by atoms with Gasteiger partial charge in [-0.1, -0.05) is 67.5 Å². The van der Waals surface area contributed by atoms with Gasteiger partial charge in [-0.05, 0) is 25.0 Å². The monoisotopic (exact) mass is 320 g/mol. The number of para-hydroxylation sites is 1. The molecule has 0 aliphatic heterocycles. The molecule has 0 atom stereocenters. The molecule has 0 aliphatic rings. The molecule has 0 aromatic heterocycles. The Hall–Kier alpha value is -2.24. The molecular weight excluding hydrogens is 296 g/mol. The number of ether oxygens (including phenoxy) is 2. The highest BCUT2D eigenvalue weighted by atomic mass is 16.6. The highest BCUT2D eigenvalue weighted by Crippen LogP contribution is 2.16. The van der Waals surface area contributed by atoms with Crippen molar-refractivity contribution in [3.63, 3.8) is 0 Å². The van der Waals surface area contributed by atoms with Gasteiger partial charge < -0.3 is 9.47 Å². The Morgan fingerprint density at radius 2 is 1.61 bits per heavy atom. The van der Waals surface area contributed by atoms with E-state index in [1.807, 2.05) is 6.07 Å². The first-order valence-electron chi connectivity index (χ1n) is 7.99. The van der Waals surface area contributed by atoms with Crippen molar-refractivity contribution in [1.82, 2.24) is 0 Å². The van der Waals surface area contributed by atoms with Gasteiger partial charge in [0.25, 0.3) is 0 Å². The topological polar surface area (TPSA) is 77.3 Å². The number of carbonyl (C=O) groups excluding carboxylic acids is 2. The second-order valence-electron chi connectivity index (χ2n) is 5.22. The van der Waals surface area contributed by atoms with E-state index in [0.717, 1.165) is 24.8 Å². The number of hydrogen-bond donors (Lipinski definition) is 0. The summed E-state index contributed by atoms with van der Waals surface area (Å²) in [5, 5.41) is 6.38. The number of amides is 2. The summed E-state index contributed by atoms with van der Waals surface area (Å²) in [5.74, 6) is 0.386. The van der Waals surface area contributed by atoms with E-state index in [0.29, 0.717) is 5.75 Å². The van der Waals surface area contributed by atoms with Gasteiger partial charge in [-0.3, -0.25) is 0 Å². The maximum Gasteiger partial charge on any atom is 0.458 e. The Bertz CT molecular complexity index is 529. The zero-order valence-corrected chi connectivity index (χ0v) is 13.8. The van der Waals surface area contributed by atoms with Crippen LogP contribution >= 0.6 is 0 Å². The summed E-state index contributed by atoms with van der Waals surface area (Å²) in [6, 6.07) is 7.00. The molecule has 0 radical (unpaired) electrons. The number of unbranched alkanes of at least 4 members (excludes halogenated alkanes) is 5. The summed E-state index contributed by atoms with van der Waals surface area (Å²) in [7, 11) is 0. The molecule has 0 unspecified atom stereocenters. The molecule has 0 fully saturated rings. The van der Waals surface area contributed by atoms with Crippen LogP contribution in [0.25, 0.3) is 0 Å². The van der Waals surface area contributed by atoms with E-state index >= 15 is 0 Å². The van der Waals surface area contributed by atoms with E-state index in [1.54, 1.807) is 25.1 Å². The maximum atomic E-state index is 11.5. The zero-order valence-electron chi connectivity index (χ0n) is 13.8. The third-order valence-corrected chi connectivity index (χ3v) is 3.23. The van der Waals surface area contributed by atoms with Crippen molar-refractivity contribution in [3.05, 3.63) is 29.8 Å². The van der Waals surface area contributed by atoms with Crippen LogP contribution in [-0.2, 0) is 4.74 Å². The lowest BCUT2D eigenvalue weighted by Crippen LogP contribution is -2.05. The van der Waals surface area contributed by atoms with Gasteiger partial charge in [-0.25, -0.2) is 9.59 Å². The van der Waals surface area contributed by atoms with Crippen LogP contribution in [0.5, 0.6) is 5.75 Å². The number of nitrogens with zero attached hydrogens (tertiary/aromatic N) is 2. The van der Waals surface area contributed by atoms with Gasteiger partial charge >= 0.3 is 12.2 Å². The van der Waals surface area contributed by atoms with E-state index < -0.39 is 12.2 Å². The zero-order chi connectivity index (χ0) is 16.9. The molecule has 126 valence electrons. The number of benzene rings is 1. The average Bonchev–Trinajstić information content (AvgIpc) is 2.54. The second-order valence-corrected chi connectivity index (χ2v) is 5.22. The highest BCUT2D eigenvalue weighted by Gasteiger charge is 2.07. The number of rotatable bonds is 8. The largest absolute Gasteiger partial charge is 0.458 e. The summed E-state index contributed by atoms with van der Waals surface area (Å²) in [6.45, 7) is 4.25. The van der Waals surface area contributed by atoms with Crippen LogP contribution < -0.4 is 4.74 Å². The van der Waals surface area contributed by atoms with Crippen molar-refractivity contribution in [2.24, 2.45) is 10.2 Å². The lowest BCUT2D eigenvalue weighted by atomic mass is 10.1. The molecule has 6 nitrogen and oxygen atoms in total. The van der Waals surface area contributed by atoms with Crippen LogP contribution in [-0.4, -0.2) is 18.8 Å². The summed E-state index contributed by atoms with van der Waals surface area (Å²) in [4.78, 5) is 22.8. The van der Waals surface area contributed by atoms with Gasteiger partial charge in [0.15, 0.2) is 0 Å². The fourth-order valence-electron chi connectivity index (χ4n) is 1.94. The molecule has 0 N–H and O–H groups in total. The molecule has 6 heteroatoms. The fraction of sp³-hybridized carbons (Fsp3) is 0.529. The minimum Gasteiger partial charge on any atom is -0.447 e. The van der Waals surface area contributed by atoms with Crippen LogP contribution in [0.15, 0.2) is 34.5 Å². The van der Waals surface area contributed by atoms with E-state index in [1.165, 1.54) is 19.3 Å². The minimum atomic E-state index is -0.948. The first-order chi connectivity index (χ1) is 11.1. The van der Waals surface area contributed by atoms with Crippen LogP contribution in [0, 0.1) is 6.92 Å². The fourth-order valence-corrected chi connectivity index (χ4v) is 1.94. The molecule has 1 aromatic rings. The molecule has 0 heterocycles. The quantitative estimate of drug-likeness (QED) is 0.472. The van der Waals surface area contributed by atoms with Crippen molar-refractivity contribution in [3.8, 4) is 5.75 Å². The normalized spacial score (nSPS) is 10.7. The molecule has 0 bridgehead atoms. The molecule has 2 amide bonds. The van der Waals surface area contributed by atoms with Gasteiger partial charge in [0.1, 0.15) is 5.75 Å². The van der Waals surface area contributed by atoms with E-state index in [4.69, 9.17) is 9.47 Å². The van der Waals surface area contributed by atoms with Gasteiger partial charge in [-0.2, -0.15) is 0 Å². The van der Waals surface area contributed by atoms with Crippen molar-refractivity contribution in [2.45, 2.75) is 52.4 Å². The van der Waals surface area contributed by atoms with Crippen molar-refractivity contribution >= 4 is 12.2 Å².